The molecule has 4 heterocycles. The van der Waals surface area contributed by atoms with Crippen LogP contribution < -0.4 is 10.5 Å². The van der Waals surface area contributed by atoms with Crippen LogP contribution in [0, 0.1) is 0 Å². The van der Waals surface area contributed by atoms with Crippen molar-refractivity contribution in [3.05, 3.63) is 66.4 Å². The van der Waals surface area contributed by atoms with Crippen molar-refractivity contribution in [3.63, 3.8) is 0 Å². The van der Waals surface area contributed by atoms with Crippen LogP contribution in [0.3, 0.4) is 0 Å². The van der Waals surface area contributed by atoms with Crippen LogP contribution in [0.5, 0.6) is 5.75 Å². The summed E-state index contributed by atoms with van der Waals surface area (Å²) in [7, 11) is 0. The lowest BCUT2D eigenvalue weighted by atomic mass is 10.1. The Balaban J connectivity index is 1.29. The topological polar surface area (TPSA) is 95.0 Å². The van der Waals surface area contributed by atoms with Gasteiger partial charge >= 0.3 is 12.1 Å². The van der Waals surface area contributed by atoms with Gasteiger partial charge in [0.05, 0.1) is 0 Å². The summed E-state index contributed by atoms with van der Waals surface area (Å²) < 4.78 is 75.0. The molecule has 194 valence electrons. The number of benzene rings is 1. The van der Waals surface area contributed by atoms with Crippen LogP contribution in [-0.2, 0) is 12.5 Å². The number of nitrogens with zero attached hydrogens (tertiary/aromatic N) is 6. The third-order valence-corrected chi connectivity index (χ3v) is 6.12. The summed E-state index contributed by atoms with van der Waals surface area (Å²) in [4.78, 5) is 17.8. The Bertz CT molecular complexity index is 1370. The van der Waals surface area contributed by atoms with Crippen molar-refractivity contribution in [3.8, 4) is 11.4 Å². The Hall–Kier alpha value is -3.87. The summed E-state index contributed by atoms with van der Waals surface area (Å²) in [6, 6.07) is 8.66. The van der Waals surface area contributed by atoms with E-state index in [0.29, 0.717) is 12.3 Å². The highest BCUT2D eigenvalue weighted by Crippen LogP contribution is 2.44. The highest BCUT2D eigenvalue weighted by Gasteiger charge is 2.62. The first-order valence-corrected chi connectivity index (χ1v) is 11.5. The molecule has 2 N–H and O–H groups in total. The molecule has 8 nitrogen and oxygen atoms in total. The quantitative estimate of drug-likeness (QED) is 0.375. The molecular weight excluding hydrogens is 497 g/mol. The Labute approximate surface area is 207 Å². The zero-order valence-electron chi connectivity index (χ0n) is 19.4. The first kappa shape index (κ1) is 24.8. The maximum Gasteiger partial charge on any atom is 0.461 e. The summed E-state index contributed by atoms with van der Waals surface area (Å²) in [5.74, 6) is -5.91. The van der Waals surface area contributed by atoms with Gasteiger partial charge in [0, 0.05) is 49.5 Å². The Kier molecular flexibility index (Phi) is 6.40. The van der Waals surface area contributed by atoms with E-state index < -0.39 is 17.9 Å². The van der Waals surface area contributed by atoms with Gasteiger partial charge in [-0.25, -0.2) is 19.9 Å². The number of nitrogens with two attached hydrogens (primary N) is 1. The van der Waals surface area contributed by atoms with E-state index >= 15 is 0 Å². The predicted octanol–water partition coefficient (Wildman–Crippen LogP) is 4.49. The number of halogens is 5. The number of rotatable bonds is 6. The van der Waals surface area contributed by atoms with Crippen molar-refractivity contribution in [2.24, 2.45) is 0 Å². The van der Waals surface area contributed by atoms with Crippen LogP contribution in [0.2, 0.25) is 0 Å². The Morgan fingerprint density at radius 1 is 0.946 bits per heavy atom. The minimum atomic E-state index is -5.81. The molecule has 1 aromatic carbocycles. The molecule has 4 aromatic rings. The van der Waals surface area contributed by atoms with Gasteiger partial charge < -0.3 is 10.5 Å². The van der Waals surface area contributed by atoms with Crippen LogP contribution >= 0.6 is 0 Å². The van der Waals surface area contributed by atoms with Gasteiger partial charge in [0.15, 0.2) is 11.5 Å². The Morgan fingerprint density at radius 2 is 1.62 bits per heavy atom. The van der Waals surface area contributed by atoms with Crippen LogP contribution in [0.15, 0.2) is 55.0 Å². The molecular formula is C24H22F5N7O. The maximum atomic E-state index is 14.3. The van der Waals surface area contributed by atoms with Gasteiger partial charge in [-0.3, -0.25) is 9.47 Å². The number of hydrogen-bond acceptors (Lipinski definition) is 7. The average molecular weight is 519 g/mol. The van der Waals surface area contributed by atoms with Gasteiger partial charge in [-0.15, -0.1) is 0 Å². The van der Waals surface area contributed by atoms with Crippen molar-refractivity contribution in [1.29, 1.82) is 0 Å². The molecule has 1 saturated heterocycles. The minimum Gasteiger partial charge on any atom is -0.490 e. The number of likely N-dealkylation sites (tertiary alicyclic amines) is 1. The zero-order valence-corrected chi connectivity index (χ0v) is 19.4. The molecule has 37 heavy (non-hydrogen) atoms. The molecule has 0 unspecified atom stereocenters. The number of piperidine rings is 1. The van der Waals surface area contributed by atoms with Crippen LogP contribution in [0.1, 0.15) is 24.2 Å². The second-order valence-corrected chi connectivity index (χ2v) is 8.73. The highest BCUT2D eigenvalue weighted by atomic mass is 19.4. The van der Waals surface area contributed by atoms with E-state index in [0.717, 1.165) is 36.1 Å². The van der Waals surface area contributed by atoms with Gasteiger partial charge in [0.25, 0.3) is 0 Å². The number of aromatic nitrogens is 5. The summed E-state index contributed by atoms with van der Waals surface area (Å²) in [5.41, 5.74) is 6.37. The molecule has 0 atom stereocenters. The molecule has 0 spiro atoms. The van der Waals surface area contributed by atoms with Crippen LogP contribution in [-0.4, -0.2) is 54.8 Å². The van der Waals surface area contributed by atoms with E-state index in [1.54, 1.807) is 12.4 Å². The predicted molar refractivity (Wildman–Crippen MR) is 124 cm³/mol. The van der Waals surface area contributed by atoms with E-state index in [1.165, 1.54) is 42.6 Å². The highest BCUT2D eigenvalue weighted by molar-refractivity contribution is 5.74. The smallest absolute Gasteiger partial charge is 0.461 e. The van der Waals surface area contributed by atoms with Crippen molar-refractivity contribution in [1.82, 2.24) is 29.4 Å². The van der Waals surface area contributed by atoms with Crippen LogP contribution in [0.4, 0.5) is 27.9 Å². The fourth-order valence-electron chi connectivity index (χ4n) is 4.25. The fourth-order valence-corrected chi connectivity index (χ4v) is 4.25. The number of anilines is 1. The van der Waals surface area contributed by atoms with Crippen LogP contribution in [0.25, 0.3) is 16.9 Å². The second kappa shape index (κ2) is 9.54. The first-order chi connectivity index (χ1) is 17.6. The number of fused-ring (bicyclic) bond motifs is 1. The average Bonchev–Trinajstić information content (AvgIpc) is 3.27. The van der Waals surface area contributed by atoms with Gasteiger partial charge in [-0.2, -0.15) is 22.0 Å². The number of pyridine rings is 1. The van der Waals surface area contributed by atoms with Crippen molar-refractivity contribution in [2.45, 2.75) is 37.6 Å². The summed E-state index contributed by atoms with van der Waals surface area (Å²) in [6.07, 6.45) is 0.338. The number of imidazole rings is 1. The van der Waals surface area contributed by atoms with Gasteiger partial charge in [-0.1, -0.05) is 0 Å². The Morgan fingerprint density at radius 3 is 2.27 bits per heavy atom. The van der Waals surface area contributed by atoms with Gasteiger partial charge in [0.1, 0.15) is 17.4 Å². The summed E-state index contributed by atoms with van der Waals surface area (Å²) in [5, 5.41) is 0. The van der Waals surface area contributed by atoms with Crippen molar-refractivity contribution in [2.75, 3.05) is 18.8 Å². The summed E-state index contributed by atoms with van der Waals surface area (Å²) >= 11 is 0. The molecule has 1 fully saturated rings. The van der Waals surface area contributed by atoms with E-state index in [1.807, 2.05) is 0 Å². The lowest BCUT2D eigenvalue weighted by molar-refractivity contribution is -0.292. The van der Waals surface area contributed by atoms with Gasteiger partial charge in [-0.05, 0) is 49.2 Å². The molecule has 13 heteroatoms. The van der Waals surface area contributed by atoms with E-state index in [4.69, 9.17) is 10.5 Å². The molecule has 5 rings (SSSR count). The standard InChI is InChI=1S/C24H22F5N7O/c25-23(26,24(27,28)29)21-34-19-2-1-9-31-20(19)36(21)16-3-5-17(6-4-16)37-18-7-10-35(11-8-18)14-15-12-32-22(30)33-13-15/h1-6,9,12-13,18H,7-8,10-11,14H2,(H2,30,32,33). The van der Waals surface area contributed by atoms with E-state index in [-0.39, 0.29) is 28.9 Å². The normalized spacial score (nSPS) is 15.8. The first-order valence-electron chi connectivity index (χ1n) is 11.5. The third-order valence-electron chi connectivity index (χ3n) is 6.12. The van der Waals surface area contributed by atoms with E-state index in [9.17, 15) is 22.0 Å². The maximum absolute atomic E-state index is 14.3. The largest absolute Gasteiger partial charge is 0.490 e. The molecule has 0 aliphatic carbocycles. The van der Waals surface area contributed by atoms with Gasteiger partial charge in [0.2, 0.25) is 5.95 Å². The summed E-state index contributed by atoms with van der Waals surface area (Å²) in [6.45, 7) is 2.27. The number of ether oxygens (including phenoxy) is 1. The monoisotopic (exact) mass is 519 g/mol. The number of alkyl halides is 5. The molecule has 1 aliphatic rings. The third kappa shape index (κ3) is 5.03. The number of hydrogen-bond donors (Lipinski definition) is 1. The zero-order chi connectivity index (χ0) is 26.2. The molecule has 1 aliphatic heterocycles. The molecule has 0 bridgehead atoms. The molecule has 0 radical (unpaired) electrons. The molecule has 0 amide bonds. The van der Waals surface area contributed by atoms with Crippen molar-refractivity contribution < 1.29 is 26.7 Å². The molecule has 0 saturated carbocycles. The second-order valence-electron chi connectivity index (χ2n) is 8.73. The minimum absolute atomic E-state index is 0.0630. The fraction of sp³-hybridized carbons (Fsp3) is 0.333. The van der Waals surface area contributed by atoms with Crippen molar-refractivity contribution >= 4 is 17.1 Å². The SMILES string of the molecule is Nc1ncc(CN2CCC(Oc3ccc(-n4c(C(F)(F)C(F)(F)F)nc5cccnc54)cc3)CC2)cn1. The molecule has 3 aromatic heterocycles. The lowest BCUT2D eigenvalue weighted by Crippen LogP contribution is -2.37. The van der Waals surface area contributed by atoms with E-state index in [2.05, 4.69) is 24.8 Å². The lowest BCUT2D eigenvalue weighted by Gasteiger charge is -2.32. The number of nitrogen functional groups attached to an aromatic ring is 1.